The van der Waals surface area contributed by atoms with Gasteiger partial charge in [0.15, 0.2) is 0 Å². The summed E-state index contributed by atoms with van der Waals surface area (Å²) in [5.41, 5.74) is 2.79. The summed E-state index contributed by atoms with van der Waals surface area (Å²) >= 11 is 1.97. The van der Waals surface area contributed by atoms with Crippen molar-refractivity contribution in [1.29, 1.82) is 0 Å². The summed E-state index contributed by atoms with van der Waals surface area (Å²) in [5, 5.41) is 3.19. The largest absolute Gasteiger partial charge is 0.316 e. The van der Waals surface area contributed by atoms with Crippen LogP contribution in [0.3, 0.4) is 0 Å². The second-order valence-corrected chi connectivity index (χ2v) is 4.99. The molecule has 0 fully saturated rings. The zero-order chi connectivity index (χ0) is 11.1. The van der Waals surface area contributed by atoms with Crippen molar-refractivity contribution in [3.8, 4) is 0 Å². The van der Waals surface area contributed by atoms with Crippen LogP contribution in [0.5, 0.6) is 0 Å². The van der Waals surface area contributed by atoms with Gasteiger partial charge in [-0.15, -0.1) is 11.8 Å². The Bertz CT molecular complexity index is 297. The number of aryl methyl sites for hydroxylation is 1. The molecule has 1 aromatic rings. The molecule has 0 unspecified atom stereocenters. The van der Waals surface area contributed by atoms with Gasteiger partial charge < -0.3 is 5.32 Å². The number of nitrogens with one attached hydrogen (secondary N) is 1. The van der Waals surface area contributed by atoms with Crippen LogP contribution in [-0.2, 0) is 6.54 Å². The SMILES string of the molecule is CCCCSc1ccc(CNC)c(C)c1. The van der Waals surface area contributed by atoms with E-state index in [1.807, 2.05) is 18.8 Å². The Kier molecular flexibility index (Phi) is 5.81. The third-order valence-electron chi connectivity index (χ3n) is 2.45. The van der Waals surface area contributed by atoms with Gasteiger partial charge in [-0.25, -0.2) is 0 Å². The van der Waals surface area contributed by atoms with E-state index in [9.17, 15) is 0 Å². The molecule has 0 radical (unpaired) electrons. The van der Waals surface area contributed by atoms with Crippen LogP contribution in [-0.4, -0.2) is 12.8 Å². The molecule has 2 heteroatoms. The summed E-state index contributed by atoms with van der Waals surface area (Å²) in [6, 6.07) is 6.77. The van der Waals surface area contributed by atoms with Crippen molar-refractivity contribution in [1.82, 2.24) is 5.32 Å². The van der Waals surface area contributed by atoms with Gasteiger partial charge in [0.05, 0.1) is 0 Å². The molecule has 0 atom stereocenters. The molecule has 1 rings (SSSR count). The zero-order valence-corrected chi connectivity index (χ0v) is 10.8. The third-order valence-corrected chi connectivity index (χ3v) is 3.53. The first-order valence-corrected chi connectivity index (χ1v) is 6.63. The molecule has 0 aliphatic heterocycles. The Morgan fingerprint density at radius 3 is 2.73 bits per heavy atom. The minimum absolute atomic E-state index is 0.964. The fourth-order valence-electron chi connectivity index (χ4n) is 1.48. The summed E-state index contributed by atoms with van der Waals surface area (Å²) in [6.45, 7) is 5.39. The van der Waals surface area contributed by atoms with E-state index in [4.69, 9.17) is 0 Å². The van der Waals surface area contributed by atoms with Gasteiger partial charge in [0, 0.05) is 11.4 Å². The van der Waals surface area contributed by atoms with Crippen molar-refractivity contribution in [2.24, 2.45) is 0 Å². The van der Waals surface area contributed by atoms with Gasteiger partial charge in [-0.05, 0) is 49.4 Å². The molecule has 0 spiro atoms. The van der Waals surface area contributed by atoms with E-state index in [-0.39, 0.29) is 0 Å². The van der Waals surface area contributed by atoms with Crippen molar-refractivity contribution >= 4 is 11.8 Å². The monoisotopic (exact) mass is 223 g/mol. The molecular formula is C13H21NS. The molecule has 0 bridgehead atoms. The van der Waals surface area contributed by atoms with E-state index < -0.39 is 0 Å². The summed E-state index contributed by atoms with van der Waals surface area (Å²) in [6.07, 6.45) is 2.59. The van der Waals surface area contributed by atoms with Gasteiger partial charge in [-0.1, -0.05) is 19.4 Å². The highest BCUT2D eigenvalue weighted by atomic mass is 32.2. The lowest BCUT2D eigenvalue weighted by atomic mass is 10.1. The van der Waals surface area contributed by atoms with Crippen LogP contribution in [0.2, 0.25) is 0 Å². The van der Waals surface area contributed by atoms with E-state index in [2.05, 4.69) is 37.4 Å². The quantitative estimate of drug-likeness (QED) is 0.584. The lowest BCUT2D eigenvalue weighted by Gasteiger charge is -2.07. The molecule has 0 aliphatic rings. The molecule has 0 heterocycles. The van der Waals surface area contributed by atoms with E-state index in [1.54, 1.807) is 0 Å². The average molecular weight is 223 g/mol. The number of thioether (sulfide) groups is 1. The van der Waals surface area contributed by atoms with Crippen LogP contribution in [0.15, 0.2) is 23.1 Å². The molecule has 0 aromatic heterocycles. The topological polar surface area (TPSA) is 12.0 Å². The van der Waals surface area contributed by atoms with Crippen LogP contribution < -0.4 is 5.32 Å². The Morgan fingerprint density at radius 1 is 1.33 bits per heavy atom. The van der Waals surface area contributed by atoms with Crippen LogP contribution in [0.1, 0.15) is 30.9 Å². The Hall–Kier alpha value is -0.470. The molecular weight excluding hydrogens is 202 g/mol. The predicted molar refractivity (Wildman–Crippen MR) is 69.6 cm³/mol. The second kappa shape index (κ2) is 6.91. The van der Waals surface area contributed by atoms with Crippen LogP contribution in [0.4, 0.5) is 0 Å². The molecule has 15 heavy (non-hydrogen) atoms. The molecule has 0 saturated carbocycles. The summed E-state index contributed by atoms with van der Waals surface area (Å²) < 4.78 is 0. The van der Waals surface area contributed by atoms with Crippen LogP contribution in [0.25, 0.3) is 0 Å². The molecule has 1 aromatic carbocycles. The van der Waals surface area contributed by atoms with Gasteiger partial charge in [-0.2, -0.15) is 0 Å². The number of hydrogen-bond donors (Lipinski definition) is 1. The minimum Gasteiger partial charge on any atom is -0.316 e. The van der Waals surface area contributed by atoms with Crippen molar-refractivity contribution in [2.75, 3.05) is 12.8 Å². The normalized spacial score (nSPS) is 10.6. The zero-order valence-electron chi connectivity index (χ0n) is 9.97. The van der Waals surface area contributed by atoms with Crippen molar-refractivity contribution in [3.05, 3.63) is 29.3 Å². The minimum atomic E-state index is 0.964. The van der Waals surface area contributed by atoms with Crippen molar-refractivity contribution < 1.29 is 0 Å². The lowest BCUT2D eigenvalue weighted by molar-refractivity contribution is 0.811. The molecule has 0 aliphatic carbocycles. The fraction of sp³-hybridized carbons (Fsp3) is 0.538. The first kappa shape index (κ1) is 12.6. The highest BCUT2D eigenvalue weighted by molar-refractivity contribution is 7.99. The molecule has 84 valence electrons. The lowest BCUT2D eigenvalue weighted by Crippen LogP contribution is -2.06. The predicted octanol–water partition coefficient (Wildman–Crippen LogP) is 3.61. The van der Waals surface area contributed by atoms with E-state index >= 15 is 0 Å². The van der Waals surface area contributed by atoms with E-state index in [0.717, 1.165) is 6.54 Å². The molecule has 1 N–H and O–H groups in total. The van der Waals surface area contributed by atoms with Gasteiger partial charge in [0.2, 0.25) is 0 Å². The first-order chi connectivity index (χ1) is 7.27. The van der Waals surface area contributed by atoms with Crippen LogP contribution >= 0.6 is 11.8 Å². The van der Waals surface area contributed by atoms with Crippen LogP contribution in [0, 0.1) is 6.92 Å². The summed E-state index contributed by atoms with van der Waals surface area (Å²) in [4.78, 5) is 1.40. The van der Waals surface area contributed by atoms with Gasteiger partial charge >= 0.3 is 0 Å². The third kappa shape index (κ3) is 4.27. The standard InChI is InChI=1S/C13H21NS/c1-4-5-8-15-13-7-6-12(10-14-3)11(2)9-13/h6-7,9,14H,4-5,8,10H2,1-3H3. The van der Waals surface area contributed by atoms with Crippen molar-refractivity contribution in [2.45, 2.75) is 38.1 Å². The number of unbranched alkanes of at least 4 members (excludes halogenated alkanes) is 1. The molecule has 1 nitrogen and oxygen atoms in total. The molecule has 0 amide bonds. The second-order valence-electron chi connectivity index (χ2n) is 3.82. The van der Waals surface area contributed by atoms with Gasteiger partial charge in [0.25, 0.3) is 0 Å². The fourth-order valence-corrected chi connectivity index (χ4v) is 2.57. The Balaban J connectivity index is 2.56. The van der Waals surface area contributed by atoms with E-state index in [1.165, 1.54) is 34.6 Å². The maximum atomic E-state index is 3.19. The maximum absolute atomic E-state index is 3.19. The number of rotatable bonds is 6. The highest BCUT2D eigenvalue weighted by Crippen LogP contribution is 2.22. The smallest absolute Gasteiger partial charge is 0.0205 e. The first-order valence-electron chi connectivity index (χ1n) is 5.65. The Morgan fingerprint density at radius 2 is 2.13 bits per heavy atom. The highest BCUT2D eigenvalue weighted by Gasteiger charge is 1.99. The Labute approximate surface area is 97.7 Å². The van der Waals surface area contributed by atoms with Gasteiger partial charge in [-0.3, -0.25) is 0 Å². The van der Waals surface area contributed by atoms with Crippen molar-refractivity contribution in [3.63, 3.8) is 0 Å². The number of benzene rings is 1. The van der Waals surface area contributed by atoms with Gasteiger partial charge in [0.1, 0.15) is 0 Å². The summed E-state index contributed by atoms with van der Waals surface area (Å²) in [5.74, 6) is 1.24. The number of hydrogen-bond acceptors (Lipinski definition) is 2. The average Bonchev–Trinajstić information content (AvgIpc) is 2.23. The maximum Gasteiger partial charge on any atom is 0.0205 e. The van der Waals surface area contributed by atoms with E-state index in [0.29, 0.717) is 0 Å². The summed E-state index contributed by atoms with van der Waals surface area (Å²) in [7, 11) is 1.99. The molecule has 0 saturated heterocycles.